The van der Waals surface area contributed by atoms with E-state index >= 15 is 0 Å². The average molecular weight is 329 g/mol. The van der Waals surface area contributed by atoms with Crippen LogP contribution in [-0.2, 0) is 14.3 Å². The van der Waals surface area contributed by atoms with E-state index in [1.165, 1.54) is 12.0 Å². The number of allylic oxidation sites excluding steroid dienone is 2. The number of hydrogen-bond donors (Lipinski definition) is 0. The van der Waals surface area contributed by atoms with Crippen LogP contribution in [0, 0.1) is 5.92 Å². The lowest BCUT2D eigenvalue weighted by Crippen LogP contribution is -2.36. The molecule has 2 saturated heterocycles. The van der Waals surface area contributed by atoms with E-state index in [0.717, 1.165) is 50.8 Å². The average Bonchev–Trinajstić information content (AvgIpc) is 2.85. The summed E-state index contributed by atoms with van der Waals surface area (Å²) in [5.41, 5.74) is 2.65. The Morgan fingerprint density at radius 3 is 2.75 bits per heavy atom. The van der Waals surface area contributed by atoms with Crippen molar-refractivity contribution in [2.45, 2.75) is 58.0 Å². The minimum atomic E-state index is -0.291. The van der Waals surface area contributed by atoms with Crippen molar-refractivity contribution < 1.29 is 14.3 Å². The summed E-state index contributed by atoms with van der Waals surface area (Å²) in [5, 5.41) is 0. The highest BCUT2D eigenvalue weighted by atomic mass is 16.5. The van der Waals surface area contributed by atoms with Crippen molar-refractivity contribution in [1.29, 1.82) is 0 Å². The highest BCUT2D eigenvalue weighted by molar-refractivity contribution is 5.94. The first-order valence-electron chi connectivity index (χ1n) is 9.11. The van der Waals surface area contributed by atoms with Gasteiger partial charge in [-0.05, 0) is 57.9 Å². The number of likely N-dealkylation sites (tertiary alicyclic amines) is 1. The van der Waals surface area contributed by atoms with Crippen LogP contribution in [0.4, 0.5) is 0 Å². The number of hydrogen-bond acceptors (Lipinski definition) is 3. The summed E-state index contributed by atoms with van der Waals surface area (Å²) < 4.78 is 5.46. The third-order valence-electron chi connectivity index (χ3n) is 5.37. The van der Waals surface area contributed by atoms with Crippen molar-refractivity contribution >= 4 is 11.9 Å². The Morgan fingerprint density at radius 2 is 2.00 bits per heavy atom. The molecule has 3 aliphatic rings. The van der Waals surface area contributed by atoms with Crippen molar-refractivity contribution in [2.24, 2.45) is 5.92 Å². The van der Waals surface area contributed by atoms with Gasteiger partial charge in [0, 0.05) is 30.2 Å². The number of rotatable bonds is 1. The molecule has 0 aromatic rings. The lowest BCUT2D eigenvalue weighted by molar-refractivity contribution is -0.137. The number of esters is 1. The Morgan fingerprint density at radius 1 is 1.25 bits per heavy atom. The number of carbonyl (C=O) groups excluding carboxylic acids is 2. The van der Waals surface area contributed by atoms with Gasteiger partial charge in [0.15, 0.2) is 0 Å². The summed E-state index contributed by atoms with van der Waals surface area (Å²) >= 11 is 0. The van der Waals surface area contributed by atoms with Crippen LogP contribution in [0.2, 0.25) is 0 Å². The van der Waals surface area contributed by atoms with Crippen LogP contribution in [0.1, 0.15) is 51.9 Å². The zero-order chi connectivity index (χ0) is 17.1. The zero-order valence-corrected chi connectivity index (χ0v) is 14.6. The highest BCUT2D eigenvalue weighted by Gasteiger charge is 2.37. The van der Waals surface area contributed by atoms with Gasteiger partial charge < -0.3 is 9.64 Å². The predicted molar refractivity (Wildman–Crippen MR) is 93.2 cm³/mol. The maximum atomic E-state index is 12.9. The molecular weight excluding hydrogens is 302 g/mol. The Bertz CT molecular complexity index is 596. The molecule has 0 saturated carbocycles. The fourth-order valence-electron chi connectivity index (χ4n) is 3.86. The van der Waals surface area contributed by atoms with Crippen molar-refractivity contribution in [2.75, 3.05) is 13.1 Å². The largest absolute Gasteiger partial charge is 0.454 e. The maximum Gasteiger partial charge on any atom is 0.334 e. The van der Waals surface area contributed by atoms with Crippen LogP contribution in [0.25, 0.3) is 0 Å². The first-order valence-corrected chi connectivity index (χ1v) is 9.11. The molecule has 0 radical (unpaired) electrons. The molecular formula is C20H27NO3. The number of ether oxygens (including phenoxy) is 1. The molecule has 0 bridgehead atoms. The summed E-state index contributed by atoms with van der Waals surface area (Å²) in [4.78, 5) is 26.7. The first-order chi connectivity index (χ1) is 11.6. The second kappa shape index (κ2) is 7.37. The van der Waals surface area contributed by atoms with Crippen LogP contribution in [0.3, 0.4) is 0 Å². The normalized spacial score (nSPS) is 28.6. The minimum Gasteiger partial charge on any atom is -0.454 e. The molecule has 4 heteroatoms. The molecule has 0 aromatic carbocycles. The van der Waals surface area contributed by atoms with E-state index in [1.807, 2.05) is 4.90 Å². The van der Waals surface area contributed by atoms with Crippen molar-refractivity contribution in [1.82, 2.24) is 4.90 Å². The van der Waals surface area contributed by atoms with Gasteiger partial charge in [0.25, 0.3) is 0 Å². The topological polar surface area (TPSA) is 46.6 Å². The quantitative estimate of drug-likeness (QED) is 0.420. The summed E-state index contributed by atoms with van der Waals surface area (Å²) in [6, 6.07) is 0. The molecule has 2 heterocycles. The smallest absolute Gasteiger partial charge is 0.334 e. The summed E-state index contributed by atoms with van der Waals surface area (Å²) in [6.45, 7) is 7.72. The van der Waals surface area contributed by atoms with E-state index in [2.05, 4.69) is 25.7 Å². The van der Waals surface area contributed by atoms with Crippen molar-refractivity contribution in [3.8, 4) is 0 Å². The Labute approximate surface area is 144 Å². The lowest BCUT2D eigenvalue weighted by Gasteiger charge is -2.28. The summed E-state index contributed by atoms with van der Waals surface area (Å²) in [5.74, 6) is -0.117. The van der Waals surface area contributed by atoms with Crippen LogP contribution >= 0.6 is 0 Å². The van der Waals surface area contributed by atoms with Gasteiger partial charge in [-0.2, -0.15) is 0 Å². The molecule has 0 spiro atoms. The Hall–Kier alpha value is -1.84. The molecule has 1 aliphatic carbocycles. The second-order valence-electron chi connectivity index (χ2n) is 7.17. The van der Waals surface area contributed by atoms with Gasteiger partial charge in [-0.3, -0.25) is 4.79 Å². The van der Waals surface area contributed by atoms with Crippen LogP contribution in [0.5, 0.6) is 0 Å². The van der Waals surface area contributed by atoms with Gasteiger partial charge in [-0.25, -0.2) is 4.79 Å². The molecule has 24 heavy (non-hydrogen) atoms. The number of nitrogens with zero attached hydrogens (tertiary/aromatic N) is 1. The van der Waals surface area contributed by atoms with E-state index in [1.54, 1.807) is 0 Å². The van der Waals surface area contributed by atoms with Crippen LogP contribution in [-0.4, -0.2) is 36.0 Å². The van der Waals surface area contributed by atoms with Crippen LogP contribution < -0.4 is 0 Å². The fourth-order valence-corrected chi connectivity index (χ4v) is 3.86. The predicted octanol–water partition coefficient (Wildman–Crippen LogP) is 3.54. The molecule has 2 aliphatic heterocycles. The molecule has 2 atom stereocenters. The van der Waals surface area contributed by atoms with Gasteiger partial charge >= 0.3 is 5.97 Å². The molecule has 4 nitrogen and oxygen atoms in total. The number of amides is 1. The Balaban J connectivity index is 1.77. The highest BCUT2D eigenvalue weighted by Crippen LogP contribution is 2.34. The second-order valence-corrected chi connectivity index (χ2v) is 7.17. The SMILES string of the molecule is C=C1C(=O)O[C@@H]2C=C(C)CCC=C(C(=O)N3CCCCC3)CC[C@@H]12. The van der Waals surface area contributed by atoms with E-state index < -0.39 is 0 Å². The molecule has 1 amide bonds. The van der Waals surface area contributed by atoms with E-state index in [4.69, 9.17) is 4.74 Å². The molecule has 130 valence electrons. The third kappa shape index (κ3) is 3.63. The number of carbonyl (C=O) groups is 2. The Kier molecular flexibility index (Phi) is 5.22. The van der Waals surface area contributed by atoms with Gasteiger partial charge in [0.05, 0.1) is 0 Å². The van der Waals surface area contributed by atoms with Crippen molar-refractivity contribution in [3.05, 3.63) is 35.5 Å². The van der Waals surface area contributed by atoms with Crippen LogP contribution in [0.15, 0.2) is 35.5 Å². The van der Waals surface area contributed by atoms with E-state index in [9.17, 15) is 9.59 Å². The first kappa shape index (κ1) is 17.0. The van der Waals surface area contributed by atoms with E-state index in [0.29, 0.717) is 12.0 Å². The lowest BCUT2D eigenvalue weighted by atomic mass is 9.87. The van der Waals surface area contributed by atoms with Gasteiger partial charge in [0.2, 0.25) is 5.91 Å². The molecule has 0 aromatic heterocycles. The molecule has 3 rings (SSSR count). The summed E-state index contributed by atoms with van der Waals surface area (Å²) in [6.07, 6.45) is 10.6. The number of piperidine rings is 1. The van der Waals surface area contributed by atoms with Crippen molar-refractivity contribution in [3.63, 3.8) is 0 Å². The van der Waals surface area contributed by atoms with Gasteiger partial charge in [-0.1, -0.05) is 18.2 Å². The van der Waals surface area contributed by atoms with Gasteiger partial charge in [0.1, 0.15) is 6.10 Å². The zero-order valence-electron chi connectivity index (χ0n) is 14.6. The fraction of sp³-hybridized carbons (Fsp3) is 0.600. The maximum absolute atomic E-state index is 12.9. The summed E-state index contributed by atoms with van der Waals surface area (Å²) in [7, 11) is 0. The molecule has 2 fully saturated rings. The molecule has 0 N–H and O–H groups in total. The molecule has 0 unspecified atom stereocenters. The monoisotopic (exact) mass is 329 g/mol. The minimum absolute atomic E-state index is 0.0110. The third-order valence-corrected chi connectivity index (χ3v) is 5.37. The number of fused-ring (bicyclic) bond motifs is 1. The van der Waals surface area contributed by atoms with E-state index in [-0.39, 0.29) is 23.9 Å². The standard InChI is InChI=1S/C20H27NO3/c1-14-7-6-8-16(19(22)21-11-4-3-5-12-21)9-10-17-15(2)20(23)24-18(17)13-14/h8,13,17-18H,2-7,9-12H2,1H3/t17-,18+/m0/s1. The van der Waals surface area contributed by atoms with Gasteiger partial charge in [-0.15, -0.1) is 0 Å².